The summed E-state index contributed by atoms with van der Waals surface area (Å²) >= 11 is 5.75. The minimum Gasteiger partial charge on any atom is -0.352 e. The molecule has 1 aromatic carbocycles. The zero-order valence-corrected chi connectivity index (χ0v) is 20.4. The second-order valence-corrected chi connectivity index (χ2v) is 8.90. The van der Waals surface area contributed by atoms with Crippen molar-refractivity contribution in [2.24, 2.45) is 7.05 Å². The number of nitrogens with zero attached hydrogens (tertiary/aromatic N) is 3. The number of rotatable bonds is 7. The number of aryl methyl sites for hydroxylation is 2. The van der Waals surface area contributed by atoms with Crippen LogP contribution in [0.4, 0.5) is 5.69 Å². The van der Waals surface area contributed by atoms with Crippen LogP contribution in [0.2, 0.25) is 0 Å². The van der Waals surface area contributed by atoms with Crippen molar-refractivity contribution >= 4 is 28.9 Å². The van der Waals surface area contributed by atoms with Crippen LogP contribution in [0.1, 0.15) is 53.6 Å². The van der Waals surface area contributed by atoms with Gasteiger partial charge in [-0.15, -0.1) is 0 Å². The monoisotopic (exact) mass is 461 g/mol. The highest BCUT2D eigenvalue weighted by Gasteiger charge is 2.41. The minimum atomic E-state index is -0.0805. The van der Waals surface area contributed by atoms with E-state index in [0.717, 1.165) is 23.4 Å². The Morgan fingerprint density at radius 2 is 1.94 bits per heavy atom. The van der Waals surface area contributed by atoms with Crippen LogP contribution >= 0.6 is 12.2 Å². The van der Waals surface area contributed by atoms with Crippen LogP contribution in [0.25, 0.3) is 0 Å². The summed E-state index contributed by atoms with van der Waals surface area (Å²) < 4.78 is 2.19. The van der Waals surface area contributed by atoms with E-state index < -0.39 is 0 Å². The normalized spacial score (nSPS) is 17.8. The number of carbonyl (C=O) groups is 1. The zero-order valence-electron chi connectivity index (χ0n) is 19.6. The second kappa shape index (κ2) is 9.75. The van der Waals surface area contributed by atoms with Crippen molar-refractivity contribution in [2.75, 3.05) is 11.9 Å². The van der Waals surface area contributed by atoms with Gasteiger partial charge in [0.05, 0.1) is 17.8 Å². The van der Waals surface area contributed by atoms with Gasteiger partial charge in [-0.05, 0) is 67.9 Å². The highest BCUT2D eigenvalue weighted by Crippen LogP contribution is 2.40. The molecule has 1 aliphatic rings. The van der Waals surface area contributed by atoms with Crippen molar-refractivity contribution in [3.63, 3.8) is 0 Å². The van der Waals surface area contributed by atoms with Crippen LogP contribution < -0.4 is 10.6 Å². The molecular weight excluding hydrogens is 430 g/mol. The molecule has 1 saturated heterocycles. The maximum Gasteiger partial charge on any atom is 0.226 e. The van der Waals surface area contributed by atoms with Gasteiger partial charge in [0, 0.05) is 43.3 Å². The summed E-state index contributed by atoms with van der Waals surface area (Å²) in [7, 11) is 2.08. The first-order chi connectivity index (χ1) is 15.9. The summed E-state index contributed by atoms with van der Waals surface area (Å²) in [5.74, 6) is -0.0142. The van der Waals surface area contributed by atoms with Gasteiger partial charge in [-0.25, -0.2) is 0 Å². The van der Waals surface area contributed by atoms with Gasteiger partial charge in [-0.3, -0.25) is 9.78 Å². The van der Waals surface area contributed by atoms with E-state index in [2.05, 4.69) is 59.0 Å². The number of benzene rings is 1. The van der Waals surface area contributed by atoms with Crippen LogP contribution in [-0.2, 0) is 18.3 Å². The van der Waals surface area contributed by atoms with Gasteiger partial charge in [0.25, 0.3) is 0 Å². The predicted octanol–water partition coefficient (Wildman–Crippen LogP) is 4.60. The molecule has 0 saturated carbocycles. The molecule has 0 aliphatic carbocycles. The summed E-state index contributed by atoms with van der Waals surface area (Å²) in [4.78, 5) is 19.6. The van der Waals surface area contributed by atoms with Gasteiger partial charge in [-0.2, -0.15) is 0 Å². The quantitative estimate of drug-likeness (QED) is 0.504. The van der Waals surface area contributed by atoms with Gasteiger partial charge < -0.3 is 20.1 Å². The maximum atomic E-state index is 12.8. The van der Waals surface area contributed by atoms with E-state index >= 15 is 0 Å². The Kier molecular flexibility index (Phi) is 6.79. The average Bonchev–Trinajstić information content (AvgIpc) is 3.29. The summed E-state index contributed by atoms with van der Waals surface area (Å²) in [6, 6.07) is 16.0. The van der Waals surface area contributed by atoms with Gasteiger partial charge in [0.15, 0.2) is 5.11 Å². The van der Waals surface area contributed by atoms with E-state index in [1.54, 1.807) is 0 Å². The summed E-state index contributed by atoms with van der Waals surface area (Å²) in [6.45, 7) is 6.85. The largest absolute Gasteiger partial charge is 0.352 e. The van der Waals surface area contributed by atoms with Crippen LogP contribution in [0.5, 0.6) is 0 Å². The third-order valence-corrected chi connectivity index (χ3v) is 6.94. The molecule has 6 nitrogen and oxygen atoms in total. The van der Waals surface area contributed by atoms with Gasteiger partial charge in [0.1, 0.15) is 0 Å². The second-order valence-electron chi connectivity index (χ2n) is 8.51. The lowest BCUT2D eigenvalue weighted by atomic mass is 9.96. The first-order valence-electron chi connectivity index (χ1n) is 11.4. The number of thiocarbonyl (C=S) groups is 1. The topological polar surface area (TPSA) is 62.2 Å². The van der Waals surface area contributed by atoms with Crippen molar-refractivity contribution in [3.05, 3.63) is 82.9 Å². The van der Waals surface area contributed by atoms with Crippen LogP contribution in [0, 0.1) is 13.8 Å². The van der Waals surface area contributed by atoms with Crippen LogP contribution in [0.3, 0.4) is 0 Å². The van der Waals surface area contributed by atoms with E-state index in [-0.39, 0.29) is 18.0 Å². The number of carbonyl (C=O) groups excluding carboxylic acids is 1. The molecule has 2 atom stereocenters. The molecule has 1 fully saturated rings. The molecule has 0 radical (unpaired) electrons. The Labute approximate surface area is 201 Å². The molecule has 4 rings (SSSR count). The molecule has 0 bridgehead atoms. The maximum absolute atomic E-state index is 12.8. The SMILES string of the molecule is CCc1ccccc1NC(=O)CCN1C(=S)N[C@@H](c2ccccn2)[C@@H]1c1cc(C)n(C)c1C. The standard InChI is InChI=1S/C26H31N5OS/c1-5-19-10-6-7-11-21(19)28-23(32)13-15-31-25(20-16-17(2)30(4)18(20)3)24(29-26(31)33)22-12-8-9-14-27-22/h6-12,14,16,24-25H,5,13,15H2,1-4H3,(H,28,32)(H,29,33)/t24-,25-/m0/s1. The number of nitrogens with one attached hydrogen (secondary N) is 2. The highest BCUT2D eigenvalue weighted by atomic mass is 32.1. The van der Waals surface area contributed by atoms with E-state index in [1.807, 2.05) is 48.7 Å². The third-order valence-electron chi connectivity index (χ3n) is 6.58. The fourth-order valence-electron chi connectivity index (χ4n) is 4.55. The molecule has 3 aromatic rings. The summed E-state index contributed by atoms with van der Waals surface area (Å²) in [6.07, 6.45) is 3.02. The fourth-order valence-corrected chi connectivity index (χ4v) is 4.89. The summed E-state index contributed by atoms with van der Waals surface area (Å²) in [5, 5.41) is 7.20. The Morgan fingerprint density at radius 1 is 1.18 bits per heavy atom. The summed E-state index contributed by atoms with van der Waals surface area (Å²) in [5.41, 5.74) is 6.53. The Hall–Kier alpha value is -3.19. The van der Waals surface area contributed by atoms with E-state index in [0.29, 0.717) is 18.1 Å². The third kappa shape index (κ3) is 4.64. The Bertz CT molecular complexity index is 1160. The van der Waals surface area contributed by atoms with E-state index in [4.69, 9.17) is 12.2 Å². The number of hydrogen-bond acceptors (Lipinski definition) is 3. The number of anilines is 1. The molecule has 0 unspecified atom stereocenters. The average molecular weight is 462 g/mol. The van der Waals surface area contributed by atoms with Crippen molar-refractivity contribution in [1.29, 1.82) is 0 Å². The minimum absolute atomic E-state index is 0.0142. The van der Waals surface area contributed by atoms with Crippen molar-refractivity contribution in [3.8, 4) is 0 Å². The molecule has 1 aliphatic heterocycles. The van der Waals surface area contributed by atoms with Crippen LogP contribution in [0.15, 0.2) is 54.7 Å². The molecule has 2 N–H and O–H groups in total. The van der Waals surface area contributed by atoms with Gasteiger partial charge in [0.2, 0.25) is 5.91 Å². The number of para-hydroxylation sites is 1. The Balaban J connectivity index is 1.58. The number of aromatic nitrogens is 2. The molecule has 7 heteroatoms. The smallest absolute Gasteiger partial charge is 0.226 e. The first-order valence-corrected chi connectivity index (χ1v) is 11.8. The first kappa shape index (κ1) is 23.0. The Morgan fingerprint density at radius 3 is 2.61 bits per heavy atom. The molecule has 172 valence electrons. The number of amides is 1. The van der Waals surface area contributed by atoms with Crippen molar-refractivity contribution in [2.45, 2.75) is 45.7 Å². The van der Waals surface area contributed by atoms with Crippen molar-refractivity contribution in [1.82, 2.24) is 19.8 Å². The fraction of sp³-hybridized carbons (Fsp3) is 0.346. The number of hydrogen-bond donors (Lipinski definition) is 2. The molecule has 0 spiro atoms. The molecule has 3 heterocycles. The molecule has 33 heavy (non-hydrogen) atoms. The highest BCUT2D eigenvalue weighted by molar-refractivity contribution is 7.80. The van der Waals surface area contributed by atoms with E-state index in [1.165, 1.54) is 17.0 Å². The predicted molar refractivity (Wildman–Crippen MR) is 136 cm³/mol. The zero-order chi connectivity index (χ0) is 23.5. The molecule has 1 amide bonds. The lowest BCUT2D eigenvalue weighted by Crippen LogP contribution is -2.33. The van der Waals surface area contributed by atoms with Gasteiger partial charge >= 0.3 is 0 Å². The van der Waals surface area contributed by atoms with E-state index in [9.17, 15) is 4.79 Å². The molecular formula is C26H31N5OS. The lowest BCUT2D eigenvalue weighted by molar-refractivity contribution is -0.116. The van der Waals surface area contributed by atoms with Crippen molar-refractivity contribution < 1.29 is 4.79 Å². The molecule has 2 aromatic heterocycles. The lowest BCUT2D eigenvalue weighted by Gasteiger charge is -2.28. The number of pyridine rings is 1. The van der Waals surface area contributed by atoms with Gasteiger partial charge in [-0.1, -0.05) is 31.2 Å². The van der Waals surface area contributed by atoms with Crippen LogP contribution in [-0.4, -0.2) is 32.0 Å².